The smallest absolute Gasteiger partial charge is 0.245 e. The van der Waals surface area contributed by atoms with E-state index in [1.165, 1.54) is 6.33 Å². The Kier molecular flexibility index (Phi) is 4.27. The van der Waals surface area contributed by atoms with Crippen LogP contribution in [0.5, 0.6) is 5.88 Å². The maximum absolute atomic E-state index is 6.12. The Hall–Kier alpha value is -2.61. The first kappa shape index (κ1) is 15.9. The van der Waals surface area contributed by atoms with Gasteiger partial charge in [-0.2, -0.15) is 4.98 Å². The average Bonchev–Trinajstić information content (AvgIpc) is 3.03. The summed E-state index contributed by atoms with van der Waals surface area (Å²) in [5, 5.41) is 3.35. The van der Waals surface area contributed by atoms with Crippen LogP contribution in [0.25, 0.3) is 22.6 Å². The fraction of sp³-hybridized carbons (Fsp3) is 0.471. The summed E-state index contributed by atoms with van der Waals surface area (Å²) in [4.78, 5) is 22.1. The van der Waals surface area contributed by atoms with Gasteiger partial charge in [0.15, 0.2) is 11.2 Å². The third kappa shape index (κ3) is 3.05. The molecule has 3 aromatic rings. The number of fused-ring (bicyclic) bond motifs is 1. The van der Waals surface area contributed by atoms with Crippen molar-refractivity contribution in [3.05, 3.63) is 24.5 Å². The molecule has 0 saturated carbocycles. The summed E-state index contributed by atoms with van der Waals surface area (Å²) in [6.45, 7) is 6.54. The standard InChI is InChI=1S/C17H21N7O/c1-3-24-15(12-7-19-11(2)20-8-12)23-14-16(24)21-10-22-17(14)25-13-5-4-6-18-9-13/h7-8,10,13,18H,3-6,9H2,1-2H3. The van der Waals surface area contributed by atoms with Crippen molar-refractivity contribution in [2.24, 2.45) is 0 Å². The number of nitrogens with zero attached hydrogens (tertiary/aromatic N) is 6. The zero-order chi connectivity index (χ0) is 17.2. The molecule has 0 aromatic carbocycles. The molecule has 0 spiro atoms. The normalized spacial score (nSPS) is 17.8. The van der Waals surface area contributed by atoms with E-state index in [2.05, 4.69) is 32.2 Å². The minimum absolute atomic E-state index is 0.116. The lowest BCUT2D eigenvalue weighted by atomic mass is 10.1. The van der Waals surface area contributed by atoms with Crippen LogP contribution in [0.15, 0.2) is 18.7 Å². The summed E-state index contributed by atoms with van der Waals surface area (Å²) in [5.41, 5.74) is 2.31. The van der Waals surface area contributed by atoms with Crippen molar-refractivity contribution >= 4 is 11.2 Å². The predicted octanol–water partition coefficient (Wildman–Crippen LogP) is 1.74. The first-order chi connectivity index (χ1) is 12.3. The molecule has 1 saturated heterocycles. The van der Waals surface area contributed by atoms with Crippen LogP contribution in [0, 0.1) is 6.92 Å². The van der Waals surface area contributed by atoms with E-state index in [4.69, 9.17) is 9.72 Å². The Morgan fingerprint density at radius 3 is 2.80 bits per heavy atom. The summed E-state index contributed by atoms with van der Waals surface area (Å²) in [6, 6.07) is 0. The molecule has 1 aliphatic heterocycles. The molecule has 1 unspecified atom stereocenters. The molecule has 0 radical (unpaired) electrons. The Morgan fingerprint density at radius 1 is 1.24 bits per heavy atom. The van der Waals surface area contributed by atoms with Gasteiger partial charge in [-0.15, -0.1) is 0 Å². The highest BCUT2D eigenvalue weighted by molar-refractivity contribution is 5.81. The summed E-state index contributed by atoms with van der Waals surface area (Å²) >= 11 is 0. The van der Waals surface area contributed by atoms with Gasteiger partial charge >= 0.3 is 0 Å². The Balaban J connectivity index is 1.77. The lowest BCUT2D eigenvalue weighted by molar-refractivity contribution is 0.162. The van der Waals surface area contributed by atoms with Crippen LogP contribution < -0.4 is 10.1 Å². The highest BCUT2D eigenvalue weighted by Crippen LogP contribution is 2.28. The van der Waals surface area contributed by atoms with E-state index in [1.807, 2.05) is 11.5 Å². The van der Waals surface area contributed by atoms with Gasteiger partial charge in [0.05, 0.1) is 5.56 Å². The lowest BCUT2D eigenvalue weighted by Crippen LogP contribution is -2.37. The maximum Gasteiger partial charge on any atom is 0.245 e. The molecule has 4 rings (SSSR count). The number of nitrogens with one attached hydrogen (secondary N) is 1. The molecule has 0 amide bonds. The third-order valence-corrected chi connectivity index (χ3v) is 4.38. The van der Waals surface area contributed by atoms with Gasteiger partial charge in [0, 0.05) is 25.5 Å². The molecule has 4 heterocycles. The second-order valence-corrected chi connectivity index (χ2v) is 6.14. The van der Waals surface area contributed by atoms with E-state index in [9.17, 15) is 0 Å². The lowest BCUT2D eigenvalue weighted by Gasteiger charge is -2.23. The van der Waals surface area contributed by atoms with Crippen LogP contribution in [0.1, 0.15) is 25.6 Å². The zero-order valence-corrected chi connectivity index (χ0v) is 14.4. The van der Waals surface area contributed by atoms with E-state index < -0.39 is 0 Å². The van der Waals surface area contributed by atoms with Crippen LogP contribution in [-0.4, -0.2) is 48.7 Å². The van der Waals surface area contributed by atoms with Gasteiger partial charge in [-0.3, -0.25) is 0 Å². The van der Waals surface area contributed by atoms with E-state index in [0.29, 0.717) is 11.4 Å². The topological polar surface area (TPSA) is 90.6 Å². The predicted molar refractivity (Wildman–Crippen MR) is 93.3 cm³/mol. The van der Waals surface area contributed by atoms with E-state index in [0.717, 1.165) is 55.3 Å². The number of piperidine rings is 1. The molecular formula is C17H21N7O. The largest absolute Gasteiger partial charge is 0.471 e. The first-order valence-corrected chi connectivity index (χ1v) is 8.64. The Bertz CT molecular complexity index is 869. The molecule has 0 aliphatic carbocycles. The molecule has 1 fully saturated rings. The number of aromatic nitrogens is 6. The molecule has 1 aliphatic rings. The molecule has 1 atom stereocenters. The summed E-state index contributed by atoms with van der Waals surface area (Å²) in [5.74, 6) is 2.06. The molecular weight excluding hydrogens is 318 g/mol. The Morgan fingerprint density at radius 2 is 2.08 bits per heavy atom. The monoisotopic (exact) mass is 339 g/mol. The van der Waals surface area contributed by atoms with Crippen molar-refractivity contribution < 1.29 is 4.74 Å². The molecule has 130 valence electrons. The highest BCUT2D eigenvalue weighted by Gasteiger charge is 2.21. The summed E-state index contributed by atoms with van der Waals surface area (Å²) in [7, 11) is 0. The van der Waals surface area contributed by atoms with Gasteiger partial charge in [0.25, 0.3) is 0 Å². The summed E-state index contributed by atoms with van der Waals surface area (Å²) in [6.07, 6.45) is 7.35. The van der Waals surface area contributed by atoms with Crippen LogP contribution in [0.2, 0.25) is 0 Å². The number of imidazole rings is 1. The summed E-state index contributed by atoms with van der Waals surface area (Å²) < 4.78 is 8.15. The maximum atomic E-state index is 6.12. The average molecular weight is 339 g/mol. The van der Waals surface area contributed by atoms with Crippen LogP contribution in [0.3, 0.4) is 0 Å². The van der Waals surface area contributed by atoms with Gasteiger partial charge in [-0.1, -0.05) is 0 Å². The first-order valence-electron chi connectivity index (χ1n) is 8.64. The van der Waals surface area contributed by atoms with E-state index in [-0.39, 0.29) is 6.10 Å². The van der Waals surface area contributed by atoms with Crippen molar-refractivity contribution in [1.29, 1.82) is 0 Å². The molecule has 8 heteroatoms. The minimum atomic E-state index is 0.116. The van der Waals surface area contributed by atoms with Crippen molar-refractivity contribution in [2.45, 2.75) is 39.3 Å². The fourth-order valence-electron chi connectivity index (χ4n) is 3.11. The second-order valence-electron chi connectivity index (χ2n) is 6.14. The molecule has 3 aromatic heterocycles. The Labute approximate surface area is 145 Å². The van der Waals surface area contributed by atoms with Gasteiger partial charge in [0.1, 0.15) is 24.1 Å². The number of hydrogen-bond donors (Lipinski definition) is 1. The molecule has 0 bridgehead atoms. The van der Waals surface area contributed by atoms with E-state index in [1.54, 1.807) is 12.4 Å². The van der Waals surface area contributed by atoms with Crippen molar-refractivity contribution in [3.8, 4) is 17.3 Å². The number of hydrogen-bond acceptors (Lipinski definition) is 7. The second kappa shape index (κ2) is 6.72. The van der Waals surface area contributed by atoms with Crippen LogP contribution >= 0.6 is 0 Å². The minimum Gasteiger partial charge on any atom is -0.471 e. The van der Waals surface area contributed by atoms with Gasteiger partial charge in [0.2, 0.25) is 5.88 Å². The van der Waals surface area contributed by atoms with Crippen molar-refractivity contribution in [2.75, 3.05) is 13.1 Å². The molecule has 1 N–H and O–H groups in total. The quantitative estimate of drug-likeness (QED) is 0.774. The number of rotatable bonds is 4. The van der Waals surface area contributed by atoms with Gasteiger partial charge < -0.3 is 14.6 Å². The fourth-order valence-corrected chi connectivity index (χ4v) is 3.11. The number of aryl methyl sites for hydroxylation is 2. The van der Waals surface area contributed by atoms with Crippen LogP contribution in [0.4, 0.5) is 0 Å². The number of ether oxygens (including phenoxy) is 1. The third-order valence-electron chi connectivity index (χ3n) is 4.38. The van der Waals surface area contributed by atoms with Crippen molar-refractivity contribution in [3.63, 3.8) is 0 Å². The van der Waals surface area contributed by atoms with Crippen molar-refractivity contribution in [1.82, 2.24) is 34.8 Å². The molecule has 8 nitrogen and oxygen atoms in total. The van der Waals surface area contributed by atoms with Gasteiger partial charge in [-0.25, -0.2) is 19.9 Å². The van der Waals surface area contributed by atoms with Crippen LogP contribution in [-0.2, 0) is 6.54 Å². The SMILES string of the molecule is CCn1c(-c2cnc(C)nc2)nc2c(OC3CCCNC3)ncnc21. The molecule has 25 heavy (non-hydrogen) atoms. The highest BCUT2D eigenvalue weighted by atomic mass is 16.5. The van der Waals surface area contributed by atoms with Gasteiger partial charge in [-0.05, 0) is 33.2 Å². The van der Waals surface area contributed by atoms with E-state index >= 15 is 0 Å². The zero-order valence-electron chi connectivity index (χ0n) is 14.4.